The van der Waals surface area contributed by atoms with Crippen molar-refractivity contribution >= 4 is 5.91 Å². The van der Waals surface area contributed by atoms with Gasteiger partial charge in [0, 0.05) is 0 Å². The minimum Gasteiger partial charge on any atom is -0.490 e. The van der Waals surface area contributed by atoms with Gasteiger partial charge in [0.15, 0.2) is 23.1 Å². The highest BCUT2D eigenvalue weighted by molar-refractivity contribution is 5.76. The smallest absolute Gasteiger partial charge is 0.223 e. The van der Waals surface area contributed by atoms with Crippen molar-refractivity contribution in [3.63, 3.8) is 0 Å². The van der Waals surface area contributed by atoms with Crippen LogP contribution in [0, 0.1) is 11.7 Å². The molecule has 0 saturated heterocycles. The number of carbonyl (C=O) groups is 1. The van der Waals surface area contributed by atoms with Gasteiger partial charge in [-0.1, -0.05) is 32.0 Å². The summed E-state index contributed by atoms with van der Waals surface area (Å²) in [5.74, 6) is 1.16. The van der Waals surface area contributed by atoms with Gasteiger partial charge < -0.3 is 19.5 Å². The lowest BCUT2D eigenvalue weighted by molar-refractivity contribution is -0.122. The van der Waals surface area contributed by atoms with E-state index in [-0.39, 0.29) is 36.6 Å². The minimum absolute atomic E-state index is 0.110. The second kappa shape index (κ2) is 8.75. The van der Waals surface area contributed by atoms with Gasteiger partial charge in [-0.05, 0) is 35.7 Å². The summed E-state index contributed by atoms with van der Waals surface area (Å²) in [5.41, 5.74) is 0.956. The quantitative estimate of drug-likeness (QED) is 0.800. The van der Waals surface area contributed by atoms with E-state index >= 15 is 0 Å². The molecule has 1 heterocycles. The van der Waals surface area contributed by atoms with E-state index in [0.717, 1.165) is 11.3 Å². The number of hydrogen-bond donors (Lipinski definition) is 1. The maximum absolute atomic E-state index is 13.5. The maximum Gasteiger partial charge on any atom is 0.223 e. The molecule has 1 atom stereocenters. The second-order valence-electron chi connectivity index (χ2n) is 6.72. The summed E-state index contributed by atoms with van der Waals surface area (Å²) in [6, 6.07) is 11.7. The minimum atomic E-state index is -0.436. The molecule has 6 heteroatoms. The number of carbonyl (C=O) groups excluding carboxylic acids is 1. The van der Waals surface area contributed by atoms with Gasteiger partial charge in [0.2, 0.25) is 5.91 Å². The van der Waals surface area contributed by atoms with Crippen LogP contribution in [0.4, 0.5) is 4.39 Å². The Kier molecular flexibility index (Phi) is 6.16. The Morgan fingerprint density at radius 2 is 1.89 bits per heavy atom. The molecule has 1 N–H and O–H groups in total. The normalized spacial score (nSPS) is 13.9. The van der Waals surface area contributed by atoms with Crippen LogP contribution in [0.15, 0.2) is 42.5 Å². The molecule has 2 aromatic carbocycles. The molecule has 1 amide bonds. The van der Waals surface area contributed by atoms with Gasteiger partial charge in [0.1, 0.15) is 13.2 Å². The van der Waals surface area contributed by atoms with Crippen LogP contribution in [0.1, 0.15) is 31.9 Å². The summed E-state index contributed by atoms with van der Waals surface area (Å²) in [6.45, 7) is 5.25. The van der Waals surface area contributed by atoms with Crippen molar-refractivity contribution in [1.82, 2.24) is 5.32 Å². The first kappa shape index (κ1) is 19.0. The van der Waals surface area contributed by atoms with Gasteiger partial charge in [0.25, 0.3) is 0 Å². The van der Waals surface area contributed by atoms with Crippen molar-refractivity contribution in [3.8, 4) is 17.2 Å². The lowest BCUT2D eigenvalue weighted by Crippen LogP contribution is -2.32. The molecule has 27 heavy (non-hydrogen) atoms. The largest absolute Gasteiger partial charge is 0.490 e. The van der Waals surface area contributed by atoms with Crippen LogP contribution >= 0.6 is 0 Å². The second-order valence-corrected chi connectivity index (χ2v) is 6.72. The van der Waals surface area contributed by atoms with Gasteiger partial charge in [0.05, 0.1) is 19.1 Å². The summed E-state index contributed by atoms with van der Waals surface area (Å²) in [7, 11) is 0. The molecule has 144 valence electrons. The zero-order valence-electron chi connectivity index (χ0n) is 15.5. The SMILES string of the molecule is CC(C)C(NC(=O)CCOc1ccccc1F)c1ccc2c(c1)OCCO2. The first-order valence-electron chi connectivity index (χ1n) is 9.11. The molecule has 1 unspecified atom stereocenters. The van der Waals surface area contributed by atoms with Crippen molar-refractivity contribution in [2.24, 2.45) is 5.92 Å². The topological polar surface area (TPSA) is 56.8 Å². The van der Waals surface area contributed by atoms with Crippen LogP contribution in [0.3, 0.4) is 0 Å². The van der Waals surface area contributed by atoms with E-state index in [1.807, 2.05) is 32.0 Å². The lowest BCUT2D eigenvalue weighted by atomic mass is 9.95. The van der Waals surface area contributed by atoms with Crippen LogP contribution in [0.2, 0.25) is 0 Å². The van der Waals surface area contributed by atoms with Crippen molar-refractivity contribution in [2.45, 2.75) is 26.3 Å². The Morgan fingerprint density at radius 3 is 2.63 bits per heavy atom. The number of para-hydroxylation sites is 1. The van der Waals surface area contributed by atoms with Crippen molar-refractivity contribution in [3.05, 3.63) is 53.8 Å². The number of fused-ring (bicyclic) bond motifs is 1. The van der Waals surface area contributed by atoms with E-state index < -0.39 is 5.82 Å². The van der Waals surface area contributed by atoms with Gasteiger partial charge >= 0.3 is 0 Å². The predicted octanol–water partition coefficient (Wildman–Crippen LogP) is 3.88. The van der Waals surface area contributed by atoms with Gasteiger partial charge in [-0.2, -0.15) is 0 Å². The Bertz CT molecular complexity index is 794. The molecule has 0 radical (unpaired) electrons. The highest BCUT2D eigenvalue weighted by Gasteiger charge is 2.21. The number of benzene rings is 2. The van der Waals surface area contributed by atoms with Crippen molar-refractivity contribution in [1.29, 1.82) is 0 Å². The summed E-state index contributed by atoms with van der Waals surface area (Å²) >= 11 is 0. The molecular formula is C21H24FNO4. The zero-order valence-corrected chi connectivity index (χ0v) is 15.5. The number of hydrogen-bond acceptors (Lipinski definition) is 4. The molecule has 0 bridgehead atoms. The lowest BCUT2D eigenvalue weighted by Gasteiger charge is -2.25. The summed E-state index contributed by atoms with van der Waals surface area (Å²) in [5, 5.41) is 3.03. The van der Waals surface area contributed by atoms with Crippen LogP contribution in [0.5, 0.6) is 17.2 Å². The fraction of sp³-hybridized carbons (Fsp3) is 0.381. The highest BCUT2D eigenvalue weighted by Crippen LogP contribution is 2.34. The number of nitrogens with one attached hydrogen (secondary N) is 1. The average Bonchev–Trinajstić information content (AvgIpc) is 2.67. The fourth-order valence-corrected chi connectivity index (χ4v) is 2.95. The van der Waals surface area contributed by atoms with E-state index in [9.17, 15) is 9.18 Å². The predicted molar refractivity (Wildman–Crippen MR) is 99.7 cm³/mol. The average molecular weight is 373 g/mol. The zero-order chi connectivity index (χ0) is 19.2. The summed E-state index contributed by atoms with van der Waals surface area (Å²) < 4.78 is 30.1. The van der Waals surface area contributed by atoms with Crippen LogP contribution < -0.4 is 19.5 Å². The van der Waals surface area contributed by atoms with E-state index in [1.165, 1.54) is 6.07 Å². The monoisotopic (exact) mass is 373 g/mol. The number of ether oxygens (including phenoxy) is 3. The highest BCUT2D eigenvalue weighted by atomic mass is 19.1. The molecule has 1 aliphatic rings. The molecule has 0 aliphatic carbocycles. The van der Waals surface area contributed by atoms with Crippen molar-refractivity contribution < 1.29 is 23.4 Å². The fourth-order valence-electron chi connectivity index (χ4n) is 2.95. The van der Waals surface area contributed by atoms with Gasteiger partial charge in [-0.3, -0.25) is 4.79 Å². The third-order valence-electron chi connectivity index (χ3n) is 4.33. The first-order valence-corrected chi connectivity index (χ1v) is 9.11. The standard InChI is InChI=1S/C21H24FNO4/c1-14(2)21(15-7-8-18-19(13-15)27-12-11-26-18)23-20(24)9-10-25-17-6-4-3-5-16(17)22/h3-8,13-14,21H,9-12H2,1-2H3,(H,23,24). The molecule has 3 rings (SSSR count). The third-order valence-corrected chi connectivity index (χ3v) is 4.33. The van der Waals surface area contributed by atoms with E-state index in [4.69, 9.17) is 14.2 Å². The van der Waals surface area contributed by atoms with E-state index in [1.54, 1.807) is 18.2 Å². The van der Waals surface area contributed by atoms with Crippen LogP contribution in [-0.4, -0.2) is 25.7 Å². The van der Waals surface area contributed by atoms with Crippen LogP contribution in [0.25, 0.3) is 0 Å². The van der Waals surface area contributed by atoms with E-state index in [0.29, 0.717) is 19.0 Å². The Hall–Kier alpha value is -2.76. The number of rotatable bonds is 7. The third kappa shape index (κ3) is 4.90. The van der Waals surface area contributed by atoms with Crippen LogP contribution in [-0.2, 0) is 4.79 Å². The molecule has 5 nitrogen and oxygen atoms in total. The van der Waals surface area contributed by atoms with Gasteiger partial charge in [-0.25, -0.2) is 4.39 Å². The molecule has 0 aromatic heterocycles. The number of amides is 1. The molecule has 0 saturated carbocycles. The summed E-state index contributed by atoms with van der Waals surface area (Å²) in [4.78, 5) is 12.4. The molecule has 0 fully saturated rings. The summed E-state index contributed by atoms with van der Waals surface area (Å²) in [6.07, 6.45) is 0.141. The van der Waals surface area contributed by atoms with Crippen molar-refractivity contribution in [2.75, 3.05) is 19.8 Å². The Labute approximate surface area is 158 Å². The molecular weight excluding hydrogens is 349 g/mol. The molecule has 2 aromatic rings. The number of halogens is 1. The molecule has 1 aliphatic heterocycles. The maximum atomic E-state index is 13.5. The Balaban J connectivity index is 1.59. The first-order chi connectivity index (χ1) is 13.0. The molecule has 0 spiro atoms. The van der Waals surface area contributed by atoms with E-state index in [2.05, 4.69) is 5.32 Å². The Morgan fingerprint density at radius 1 is 1.15 bits per heavy atom. The van der Waals surface area contributed by atoms with Gasteiger partial charge in [-0.15, -0.1) is 0 Å².